The Kier molecular flexibility index (Phi) is 2.26. The van der Waals surface area contributed by atoms with Gasteiger partial charge >= 0.3 is 0 Å². The van der Waals surface area contributed by atoms with Crippen LogP contribution in [0.2, 0.25) is 0 Å². The van der Waals surface area contributed by atoms with E-state index < -0.39 is 5.60 Å². The fourth-order valence-electron chi connectivity index (χ4n) is 1.71. The van der Waals surface area contributed by atoms with Gasteiger partial charge in [0.05, 0.1) is 17.8 Å². The van der Waals surface area contributed by atoms with Crippen LogP contribution in [0, 0.1) is 5.92 Å². The quantitative estimate of drug-likeness (QED) is 0.627. The second kappa shape index (κ2) is 2.76. The Labute approximate surface area is 68.6 Å². The van der Waals surface area contributed by atoms with Crippen LogP contribution in [0.4, 0.5) is 0 Å². The highest BCUT2D eigenvalue weighted by atomic mass is 16.5. The number of aliphatic hydroxyl groups is 1. The van der Waals surface area contributed by atoms with E-state index in [1.165, 1.54) is 0 Å². The van der Waals surface area contributed by atoms with Crippen molar-refractivity contribution in [1.29, 1.82) is 0 Å². The van der Waals surface area contributed by atoms with E-state index >= 15 is 0 Å². The van der Waals surface area contributed by atoms with Gasteiger partial charge in [-0.05, 0) is 20.3 Å². The van der Waals surface area contributed by atoms with E-state index in [-0.39, 0.29) is 18.1 Å². The highest BCUT2D eigenvalue weighted by Gasteiger charge is 2.46. The first-order valence-corrected chi connectivity index (χ1v) is 4.38. The molecule has 66 valence electrons. The molecule has 2 nitrogen and oxygen atoms in total. The summed E-state index contributed by atoms with van der Waals surface area (Å²) in [6.07, 6.45) is 1.20. The van der Waals surface area contributed by atoms with Crippen LogP contribution >= 0.6 is 0 Å². The summed E-state index contributed by atoms with van der Waals surface area (Å²) in [5.41, 5.74) is -0.638. The Hall–Kier alpha value is -0.0800. The normalized spacial score (nSPS) is 51.5. The van der Waals surface area contributed by atoms with E-state index in [1.54, 1.807) is 0 Å². The molecule has 1 saturated heterocycles. The molecule has 0 aromatic rings. The molecular weight excluding hydrogens is 140 g/mol. The van der Waals surface area contributed by atoms with Crippen LogP contribution in [0.1, 0.15) is 34.1 Å². The molecule has 1 rings (SSSR count). The number of rotatable bonds is 1. The van der Waals surface area contributed by atoms with Crippen molar-refractivity contribution < 1.29 is 9.84 Å². The molecule has 11 heavy (non-hydrogen) atoms. The lowest BCUT2D eigenvalue weighted by atomic mass is 9.85. The highest BCUT2D eigenvalue weighted by Crippen LogP contribution is 2.36. The molecular formula is C9H18O2. The van der Waals surface area contributed by atoms with Crippen LogP contribution < -0.4 is 0 Å². The molecule has 0 spiro atoms. The minimum atomic E-state index is -0.638. The van der Waals surface area contributed by atoms with Crippen molar-refractivity contribution in [1.82, 2.24) is 0 Å². The molecule has 1 fully saturated rings. The third kappa shape index (κ3) is 1.30. The molecule has 1 aliphatic heterocycles. The van der Waals surface area contributed by atoms with E-state index in [1.807, 2.05) is 13.8 Å². The maximum absolute atomic E-state index is 9.91. The Morgan fingerprint density at radius 1 is 1.45 bits per heavy atom. The van der Waals surface area contributed by atoms with Gasteiger partial charge in [0.15, 0.2) is 0 Å². The van der Waals surface area contributed by atoms with Gasteiger partial charge in [0, 0.05) is 5.92 Å². The molecule has 1 aliphatic rings. The van der Waals surface area contributed by atoms with Gasteiger partial charge in [-0.3, -0.25) is 0 Å². The van der Waals surface area contributed by atoms with Crippen molar-refractivity contribution in [3.63, 3.8) is 0 Å². The molecule has 0 radical (unpaired) electrons. The molecule has 1 heterocycles. The molecule has 0 amide bonds. The summed E-state index contributed by atoms with van der Waals surface area (Å²) in [5.74, 6) is 0.252. The smallest absolute Gasteiger partial charge is 0.0927 e. The lowest BCUT2D eigenvalue weighted by Crippen LogP contribution is -2.38. The van der Waals surface area contributed by atoms with Crippen molar-refractivity contribution in [3.05, 3.63) is 0 Å². The van der Waals surface area contributed by atoms with Gasteiger partial charge in [-0.25, -0.2) is 0 Å². The lowest BCUT2D eigenvalue weighted by Gasteiger charge is -2.25. The molecule has 4 atom stereocenters. The van der Waals surface area contributed by atoms with E-state index in [9.17, 15) is 5.11 Å². The first kappa shape index (κ1) is 9.01. The SMILES string of the molecule is CC[C@H]1OC(C)C(C)(O)[C@H]1C. The zero-order valence-corrected chi connectivity index (χ0v) is 7.79. The van der Waals surface area contributed by atoms with Crippen molar-refractivity contribution in [2.24, 2.45) is 5.92 Å². The van der Waals surface area contributed by atoms with Crippen molar-refractivity contribution in [3.8, 4) is 0 Å². The van der Waals surface area contributed by atoms with Gasteiger partial charge in [-0.1, -0.05) is 13.8 Å². The Bertz CT molecular complexity index is 142. The second-order valence-corrected chi connectivity index (χ2v) is 3.74. The minimum absolute atomic E-state index is 0.0255. The molecule has 0 aromatic carbocycles. The van der Waals surface area contributed by atoms with Crippen LogP contribution in [0.5, 0.6) is 0 Å². The largest absolute Gasteiger partial charge is 0.387 e. The number of hydrogen-bond acceptors (Lipinski definition) is 2. The third-order valence-electron chi connectivity index (χ3n) is 3.08. The van der Waals surface area contributed by atoms with Crippen LogP contribution in [0.15, 0.2) is 0 Å². The van der Waals surface area contributed by atoms with Crippen LogP contribution in [-0.4, -0.2) is 22.9 Å². The van der Waals surface area contributed by atoms with Gasteiger partial charge in [-0.2, -0.15) is 0 Å². The van der Waals surface area contributed by atoms with Crippen LogP contribution in [0.3, 0.4) is 0 Å². The molecule has 2 unspecified atom stereocenters. The zero-order chi connectivity index (χ0) is 8.65. The van der Waals surface area contributed by atoms with Crippen LogP contribution in [-0.2, 0) is 4.74 Å². The van der Waals surface area contributed by atoms with Crippen molar-refractivity contribution in [2.45, 2.75) is 51.9 Å². The first-order valence-electron chi connectivity index (χ1n) is 4.38. The molecule has 0 bridgehead atoms. The number of ether oxygens (including phenoxy) is 1. The summed E-state index contributed by atoms with van der Waals surface area (Å²) >= 11 is 0. The molecule has 1 N–H and O–H groups in total. The predicted octanol–water partition coefficient (Wildman–Crippen LogP) is 1.57. The summed E-state index contributed by atoms with van der Waals surface area (Å²) in [6.45, 7) is 7.94. The van der Waals surface area contributed by atoms with Gasteiger partial charge in [0.2, 0.25) is 0 Å². The third-order valence-corrected chi connectivity index (χ3v) is 3.08. The molecule has 0 aromatic heterocycles. The maximum Gasteiger partial charge on any atom is 0.0927 e. The highest BCUT2D eigenvalue weighted by molar-refractivity contribution is 4.95. The fraction of sp³-hybridized carbons (Fsp3) is 1.00. The summed E-state index contributed by atoms with van der Waals surface area (Å²) in [6, 6.07) is 0. The monoisotopic (exact) mass is 158 g/mol. The maximum atomic E-state index is 9.91. The summed E-state index contributed by atoms with van der Waals surface area (Å²) in [7, 11) is 0. The van der Waals surface area contributed by atoms with E-state index in [0.29, 0.717) is 0 Å². The van der Waals surface area contributed by atoms with E-state index in [0.717, 1.165) is 6.42 Å². The van der Waals surface area contributed by atoms with Gasteiger partial charge in [-0.15, -0.1) is 0 Å². The first-order chi connectivity index (χ1) is 5.00. The minimum Gasteiger partial charge on any atom is -0.387 e. The van der Waals surface area contributed by atoms with Crippen molar-refractivity contribution in [2.75, 3.05) is 0 Å². The van der Waals surface area contributed by atoms with Crippen LogP contribution in [0.25, 0.3) is 0 Å². The average Bonchev–Trinajstić information content (AvgIpc) is 2.14. The van der Waals surface area contributed by atoms with Gasteiger partial charge in [0.1, 0.15) is 0 Å². The Morgan fingerprint density at radius 2 is 2.00 bits per heavy atom. The predicted molar refractivity (Wildman–Crippen MR) is 44.4 cm³/mol. The molecule has 0 aliphatic carbocycles. The average molecular weight is 158 g/mol. The van der Waals surface area contributed by atoms with E-state index in [2.05, 4.69) is 13.8 Å². The molecule has 0 saturated carbocycles. The standard InChI is InChI=1S/C9H18O2/c1-5-8-6(2)9(4,10)7(3)11-8/h6-8,10H,5H2,1-4H3/t6-,7?,8+,9?/m0/s1. The van der Waals surface area contributed by atoms with Gasteiger partial charge in [0.25, 0.3) is 0 Å². The summed E-state index contributed by atoms with van der Waals surface area (Å²) in [4.78, 5) is 0. The Balaban J connectivity index is 2.71. The number of hydrogen-bond donors (Lipinski definition) is 1. The molecule has 2 heteroatoms. The Morgan fingerprint density at radius 3 is 2.18 bits per heavy atom. The lowest BCUT2D eigenvalue weighted by molar-refractivity contribution is -0.0318. The zero-order valence-electron chi connectivity index (χ0n) is 7.79. The van der Waals surface area contributed by atoms with E-state index in [4.69, 9.17) is 4.74 Å². The summed E-state index contributed by atoms with van der Waals surface area (Å²) < 4.78 is 5.59. The topological polar surface area (TPSA) is 29.5 Å². The summed E-state index contributed by atoms with van der Waals surface area (Å²) in [5, 5.41) is 9.91. The van der Waals surface area contributed by atoms with Gasteiger partial charge < -0.3 is 9.84 Å². The second-order valence-electron chi connectivity index (χ2n) is 3.74. The fourth-order valence-corrected chi connectivity index (χ4v) is 1.71. The van der Waals surface area contributed by atoms with Crippen molar-refractivity contribution >= 4 is 0 Å².